The van der Waals surface area contributed by atoms with Gasteiger partial charge in [-0.15, -0.1) is 0 Å². The van der Waals surface area contributed by atoms with Crippen LogP contribution in [-0.4, -0.2) is 29.4 Å². The molecule has 1 aliphatic rings. The molecule has 0 radical (unpaired) electrons. The lowest BCUT2D eigenvalue weighted by molar-refractivity contribution is -0.125. The molecule has 128 valence electrons. The van der Waals surface area contributed by atoms with E-state index >= 15 is 0 Å². The number of rotatable bonds is 5. The van der Waals surface area contributed by atoms with Crippen molar-refractivity contribution in [2.75, 3.05) is 6.54 Å². The molecule has 2 aromatic rings. The number of urea groups is 1. The number of carbonyl (C=O) groups excluding carboxylic acids is 3. The average molecular weight is 338 g/mol. The molecule has 0 saturated carbocycles. The van der Waals surface area contributed by atoms with Gasteiger partial charge in [0.15, 0.2) is 0 Å². The second-order valence-electron chi connectivity index (χ2n) is 5.90. The highest BCUT2D eigenvalue weighted by Gasteiger charge is 2.28. The average Bonchev–Trinajstić information content (AvgIpc) is 2.92. The zero-order valence-corrected chi connectivity index (χ0v) is 13.8. The van der Waals surface area contributed by atoms with Crippen molar-refractivity contribution in [3.63, 3.8) is 0 Å². The standard InChI is InChI=1S/C19H18N2O4/c1-13-4-2-6-15(8-13)12-25-18(23)16-7-3-5-14(9-16)11-21-17(22)10-20-19(21)24/h2-9H,10-12H2,1H3,(H,20,24). The lowest BCUT2D eigenvalue weighted by Crippen LogP contribution is -2.30. The maximum absolute atomic E-state index is 12.2. The number of hydrogen-bond acceptors (Lipinski definition) is 4. The van der Waals surface area contributed by atoms with Gasteiger partial charge in [-0.25, -0.2) is 9.59 Å². The fourth-order valence-electron chi connectivity index (χ4n) is 2.63. The Kier molecular flexibility index (Phi) is 4.79. The summed E-state index contributed by atoms with van der Waals surface area (Å²) in [4.78, 5) is 36.6. The molecule has 1 N–H and O–H groups in total. The zero-order valence-electron chi connectivity index (χ0n) is 13.8. The first-order valence-corrected chi connectivity index (χ1v) is 7.93. The second kappa shape index (κ2) is 7.17. The van der Waals surface area contributed by atoms with Gasteiger partial charge in [0.2, 0.25) is 5.91 Å². The molecule has 6 nitrogen and oxygen atoms in total. The van der Waals surface area contributed by atoms with Crippen LogP contribution in [0.1, 0.15) is 27.0 Å². The lowest BCUT2D eigenvalue weighted by Gasteiger charge is -2.13. The number of nitrogens with one attached hydrogen (secondary N) is 1. The van der Waals surface area contributed by atoms with Crippen LogP contribution < -0.4 is 5.32 Å². The van der Waals surface area contributed by atoms with E-state index in [-0.39, 0.29) is 25.6 Å². The molecule has 0 aliphatic carbocycles. The first-order valence-electron chi connectivity index (χ1n) is 7.93. The quantitative estimate of drug-likeness (QED) is 0.671. The minimum Gasteiger partial charge on any atom is -0.457 e. The Labute approximate surface area is 145 Å². The highest BCUT2D eigenvalue weighted by Crippen LogP contribution is 2.13. The van der Waals surface area contributed by atoms with E-state index in [9.17, 15) is 14.4 Å². The smallest absolute Gasteiger partial charge is 0.338 e. The van der Waals surface area contributed by atoms with E-state index in [1.807, 2.05) is 31.2 Å². The summed E-state index contributed by atoms with van der Waals surface area (Å²) in [5, 5.41) is 2.47. The van der Waals surface area contributed by atoms with Gasteiger partial charge in [-0.1, -0.05) is 42.0 Å². The number of amides is 3. The van der Waals surface area contributed by atoms with Crippen LogP contribution in [0.25, 0.3) is 0 Å². The van der Waals surface area contributed by atoms with Crippen molar-refractivity contribution in [3.05, 3.63) is 70.8 Å². The molecule has 0 bridgehead atoms. The SMILES string of the molecule is Cc1cccc(COC(=O)c2cccc(CN3C(=O)CNC3=O)c2)c1. The molecule has 3 amide bonds. The highest BCUT2D eigenvalue weighted by molar-refractivity contribution is 6.01. The van der Waals surface area contributed by atoms with Crippen LogP contribution in [0.15, 0.2) is 48.5 Å². The Morgan fingerprint density at radius 2 is 1.88 bits per heavy atom. The van der Waals surface area contributed by atoms with Crippen LogP contribution in [-0.2, 0) is 22.7 Å². The lowest BCUT2D eigenvalue weighted by atomic mass is 10.1. The minimum absolute atomic E-state index is 0.0110. The summed E-state index contributed by atoms with van der Waals surface area (Å²) < 4.78 is 5.34. The van der Waals surface area contributed by atoms with E-state index in [4.69, 9.17) is 4.74 Å². The Hall–Kier alpha value is -3.15. The third-order valence-corrected chi connectivity index (χ3v) is 3.89. The molecule has 0 atom stereocenters. The van der Waals surface area contributed by atoms with Crippen LogP contribution in [0, 0.1) is 6.92 Å². The molecule has 1 heterocycles. The number of ether oxygens (including phenoxy) is 1. The molecule has 25 heavy (non-hydrogen) atoms. The molecule has 1 aliphatic heterocycles. The first kappa shape index (κ1) is 16.7. The van der Waals surface area contributed by atoms with Gasteiger partial charge in [-0.05, 0) is 30.2 Å². The minimum atomic E-state index is -0.444. The first-order chi connectivity index (χ1) is 12.0. The predicted octanol–water partition coefficient (Wildman–Crippen LogP) is 2.40. The van der Waals surface area contributed by atoms with Crippen LogP contribution in [0.5, 0.6) is 0 Å². The molecule has 0 spiro atoms. The third kappa shape index (κ3) is 4.03. The second-order valence-corrected chi connectivity index (χ2v) is 5.90. The number of benzene rings is 2. The van der Waals surface area contributed by atoms with Gasteiger partial charge in [-0.3, -0.25) is 9.69 Å². The summed E-state index contributed by atoms with van der Waals surface area (Å²) >= 11 is 0. The van der Waals surface area contributed by atoms with Crippen molar-refractivity contribution in [3.8, 4) is 0 Å². The Morgan fingerprint density at radius 3 is 2.60 bits per heavy atom. The van der Waals surface area contributed by atoms with Crippen LogP contribution >= 0.6 is 0 Å². The predicted molar refractivity (Wildman–Crippen MR) is 90.7 cm³/mol. The number of nitrogens with zero attached hydrogens (tertiary/aromatic N) is 1. The molecular weight excluding hydrogens is 320 g/mol. The molecule has 0 aromatic heterocycles. The van der Waals surface area contributed by atoms with Crippen molar-refractivity contribution < 1.29 is 19.1 Å². The molecule has 3 rings (SSSR count). The van der Waals surface area contributed by atoms with E-state index in [0.29, 0.717) is 11.1 Å². The van der Waals surface area contributed by atoms with Gasteiger partial charge < -0.3 is 10.1 Å². The van der Waals surface area contributed by atoms with Crippen molar-refractivity contribution in [2.24, 2.45) is 0 Å². The normalized spacial score (nSPS) is 13.7. The summed E-state index contributed by atoms with van der Waals surface area (Å²) in [6, 6.07) is 14.1. The summed E-state index contributed by atoms with van der Waals surface area (Å²) in [5.41, 5.74) is 3.10. The Morgan fingerprint density at radius 1 is 1.12 bits per heavy atom. The van der Waals surface area contributed by atoms with Gasteiger partial charge in [-0.2, -0.15) is 0 Å². The number of aryl methyl sites for hydroxylation is 1. The third-order valence-electron chi connectivity index (χ3n) is 3.89. The van der Waals surface area contributed by atoms with Crippen molar-refractivity contribution >= 4 is 17.9 Å². The fourth-order valence-corrected chi connectivity index (χ4v) is 2.63. The molecule has 1 saturated heterocycles. The highest BCUT2D eigenvalue weighted by atomic mass is 16.5. The fraction of sp³-hybridized carbons (Fsp3) is 0.211. The van der Waals surface area contributed by atoms with Gasteiger partial charge in [0.25, 0.3) is 0 Å². The van der Waals surface area contributed by atoms with Crippen LogP contribution in [0.2, 0.25) is 0 Å². The maximum Gasteiger partial charge on any atom is 0.338 e. The van der Waals surface area contributed by atoms with Crippen LogP contribution in [0.3, 0.4) is 0 Å². The van der Waals surface area contributed by atoms with E-state index in [2.05, 4.69) is 5.32 Å². The monoisotopic (exact) mass is 338 g/mol. The summed E-state index contributed by atoms with van der Waals surface area (Å²) in [5.74, 6) is -0.724. The summed E-state index contributed by atoms with van der Waals surface area (Å²) in [6.07, 6.45) is 0. The van der Waals surface area contributed by atoms with E-state index in [1.54, 1.807) is 24.3 Å². The zero-order chi connectivity index (χ0) is 17.8. The van der Waals surface area contributed by atoms with Gasteiger partial charge >= 0.3 is 12.0 Å². The number of imide groups is 1. The van der Waals surface area contributed by atoms with E-state index < -0.39 is 12.0 Å². The van der Waals surface area contributed by atoms with Gasteiger partial charge in [0.05, 0.1) is 18.7 Å². The Bertz CT molecular complexity index is 816. The van der Waals surface area contributed by atoms with Crippen LogP contribution in [0.4, 0.5) is 4.79 Å². The number of carbonyl (C=O) groups is 3. The maximum atomic E-state index is 12.2. The Balaban J connectivity index is 1.65. The summed E-state index contributed by atoms with van der Waals surface area (Å²) in [7, 11) is 0. The van der Waals surface area contributed by atoms with E-state index in [0.717, 1.165) is 16.0 Å². The molecule has 1 fully saturated rings. The van der Waals surface area contributed by atoms with Gasteiger partial charge in [0.1, 0.15) is 6.61 Å². The molecule has 2 aromatic carbocycles. The molecule has 0 unspecified atom stereocenters. The van der Waals surface area contributed by atoms with Crippen molar-refractivity contribution in [1.82, 2.24) is 10.2 Å². The number of esters is 1. The summed E-state index contributed by atoms with van der Waals surface area (Å²) in [6.45, 7) is 2.31. The molecule has 6 heteroatoms. The topological polar surface area (TPSA) is 75.7 Å². The number of hydrogen-bond donors (Lipinski definition) is 1. The largest absolute Gasteiger partial charge is 0.457 e. The van der Waals surface area contributed by atoms with Crippen molar-refractivity contribution in [2.45, 2.75) is 20.1 Å². The van der Waals surface area contributed by atoms with E-state index in [1.165, 1.54) is 0 Å². The van der Waals surface area contributed by atoms with Gasteiger partial charge in [0, 0.05) is 0 Å². The molecular formula is C19H18N2O4. The van der Waals surface area contributed by atoms with Crippen molar-refractivity contribution in [1.29, 1.82) is 0 Å².